The van der Waals surface area contributed by atoms with Crippen molar-refractivity contribution in [3.63, 3.8) is 0 Å². The van der Waals surface area contributed by atoms with Crippen LogP contribution in [0.5, 0.6) is 0 Å². The summed E-state index contributed by atoms with van der Waals surface area (Å²) >= 11 is 0. The molecule has 9 nitrogen and oxygen atoms in total. The van der Waals surface area contributed by atoms with Gasteiger partial charge in [-0.15, -0.1) is 6.58 Å². The second-order valence-electron chi connectivity index (χ2n) is 5.60. The fourth-order valence-corrected chi connectivity index (χ4v) is 2.64. The van der Waals surface area contributed by atoms with Gasteiger partial charge in [0, 0.05) is 30.6 Å². The summed E-state index contributed by atoms with van der Waals surface area (Å²) in [6.07, 6.45) is 4.35. The molecular weight excluding hydrogens is 352 g/mol. The van der Waals surface area contributed by atoms with Crippen molar-refractivity contribution in [1.82, 2.24) is 14.8 Å². The van der Waals surface area contributed by atoms with Crippen molar-refractivity contribution < 1.29 is 19.3 Å². The van der Waals surface area contributed by atoms with E-state index in [9.17, 15) is 24.5 Å². The molecule has 0 radical (unpaired) electrons. The molecule has 0 spiro atoms. The molecule has 0 unspecified atom stereocenters. The van der Waals surface area contributed by atoms with E-state index in [0.29, 0.717) is 11.4 Å². The maximum Gasteiger partial charge on any atom is 0.331 e. The normalized spacial score (nSPS) is 15.8. The molecule has 0 bridgehead atoms. The van der Waals surface area contributed by atoms with Crippen molar-refractivity contribution >= 4 is 29.6 Å². The zero-order valence-corrected chi connectivity index (χ0v) is 14.0. The van der Waals surface area contributed by atoms with Crippen molar-refractivity contribution in [1.29, 1.82) is 0 Å². The van der Waals surface area contributed by atoms with Crippen molar-refractivity contribution in [2.24, 2.45) is 0 Å². The van der Waals surface area contributed by atoms with Gasteiger partial charge in [-0.1, -0.05) is 12.1 Å². The number of hydrogen-bond donors (Lipinski definition) is 1. The number of non-ortho nitro benzene ring substituents is 1. The number of carbonyl (C=O) groups is 3. The van der Waals surface area contributed by atoms with Crippen molar-refractivity contribution in [2.75, 3.05) is 6.54 Å². The number of nitrogens with one attached hydrogen (secondary N) is 1. The molecule has 0 saturated carbocycles. The Morgan fingerprint density at radius 2 is 1.96 bits per heavy atom. The predicted molar refractivity (Wildman–Crippen MR) is 95.8 cm³/mol. The van der Waals surface area contributed by atoms with E-state index in [1.54, 1.807) is 29.0 Å². The molecule has 1 aromatic carbocycles. The van der Waals surface area contributed by atoms with Gasteiger partial charge in [0.2, 0.25) is 0 Å². The van der Waals surface area contributed by atoms with Crippen LogP contribution in [0.25, 0.3) is 11.8 Å². The molecule has 1 aliphatic rings. The average Bonchev–Trinajstić information content (AvgIpc) is 3.10. The van der Waals surface area contributed by atoms with Gasteiger partial charge in [-0.2, -0.15) is 0 Å². The lowest BCUT2D eigenvalue weighted by molar-refractivity contribution is -0.384. The lowest BCUT2D eigenvalue weighted by atomic mass is 10.1. The summed E-state index contributed by atoms with van der Waals surface area (Å²) < 4.78 is 1.59. The largest absolute Gasteiger partial charge is 0.331 e. The lowest BCUT2D eigenvalue weighted by Gasteiger charge is -2.25. The monoisotopic (exact) mass is 366 g/mol. The van der Waals surface area contributed by atoms with E-state index < -0.39 is 22.8 Å². The topological polar surface area (TPSA) is 115 Å². The van der Waals surface area contributed by atoms with E-state index in [4.69, 9.17) is 0 Å². The molecule has 2 aromatic rings. The molecule has 1 aliphatic heterocycles. The smallest absolute Gasteiger partial charge is 0.317 e. The Balaban J connectivity index is 2.02. The highest BCUT2D eigenvalue weighted by atomic mass is 16.6. The number of nitro benzene ring substituents is 1. The number of carbonyl (C=O) groups excluding carboxylic acids is 3. The SMILES string of the molecule is C=CCN1C(=O)NC(=O)/C(=C/c2cccn2-c2cccc([N+](=O)[O-])c2)C1=O. The minimum Gasteiger partial charge on any atom is -0.317 e. The highest BCUT2D eigenvalue weighted by Crippen LogP contribution is 2.21. The van der Waals surface area contributed by atoms with E-state index in [0.717, 1.165) is 4.90 Å². The molecule has 4 amide bonds. The average molecular weight is 366 g/mol. The summed E-state index contributed by atoms with van der Waals surface area (Å²) in [5, 5.41) is 13.1. The fourth-order valence-electron chi connectivity index (χ4n) is 2.64. The van der Waals surface area contributed by atoms with Crippen LogP contribution in [0.15, 0.2) is 60.8 Å². The Kier molecular flexibility index (Phi) is 4.67. The summed E-state index contributed by atoms with van der Waals surface area (Å²) in [5.41, 5.74) is 0.626. The Hall–Kier alpha value is -4.01. The summed E-state index contributed by atoms with van der Waals surface area (Å²) in [6, 6.07) is 8.43. The summed E-state index contributed by atoms with van der Waals surface area (Å²) in [5.74, 6) is -1.55. The Labute approximate surface area is 153 Å². The minimum absolute atomic E-state index is 0.0405. The molecule has 1 saturated heterocycles. The van der Waals surface area contributed by atoms with Crippen molar-refractivity contribution in [3.8, 4) is 5.69 Å². The third kappa shape index (κ3) is 3.38. The fraction of sp³-hybridized carbons (Fsp3) is 0.0556. The molecule has 0 atom stereocenters. The number of urea groups is 1. The van der Waals surface area contributed by atoms with E-state index >= 15 is 0 Å². The summed E-state index contributed by atoms with van der Waals surface area (Å²) in [6.45, 7) is 3.44. The van der Waals surface area contributed by atoms with Crippen molar-refractivity contribution in [3.05, 3.63) is 76.6 Å². The zero-order valence-electron chi connectivity index (χ0n) is 14.0. The number of aromatic nitrogens is 1. The number of rotatable bonds is 5. The maximum absolute atomic E-state index is 12.5. The van der Waals surface area contributed by atoms with Crippen molar-refractivity contribution in [2.45, 2.75) is 0 Å². The van der Waals surface area contributed by atoms with E-state index in [1.807, 2.05) is 0 Å². The van der Waals surface area contributed by atoms with E-state index in [2.05, 4.69) is 11.9 Å². The van der Waals surface area contributed by atoms with Crippen LogP contribution in [0.2, 0.25) is 0 Å². The number of barbiturate groups is 1. The maximum atomic E-state index is 12.5. The van der Waals surface area contributed by atoms with Gasteiger partial charge in [-0.05, 0) is 24.3 Å². The number of nitrogens with zero attached hydrogens (tertiary/aromatic N) is 3. The van der Waals surface area contributed by atoms with Crippen LogP contribution in [0.4, 0.5) is 10.5 Å². The quantitative estimate of drug-likeness (QED) is 0.286. The highest BCUT2D eigenvalue weighted by Gasteiger charge is 2.35. The molecule has 27 heavy (non-hydrogen) atoms. The number of imide groups is 2. The number of nitro groups is 1. The molecular formula is C18H14N4O5. The minimum atomic E-state index is -0.809. The van der Waals surface area contributed by atoms with E-state index in [-0.39, 0.29) is 17.8 Å². The first kappa shape index (κ1) is 17.8. The summed E-state index contributed by atoms with van der Waals surface area (Å²) in [7, 11) is 0. The van der Waals surface area contributed by atoms with Crippen LogP contribution >= 0.6 is 0 Å². The number of hydrogen-bond acceptors (Lipinski definition) is 5. The van der Waals surface area contributed by atoms with Crippen LogP contribution in [-0.4, -0.2) is 38.8 Å². The Morgan fingerprint density at radius 3 is 2.67 bits per heavy atom. The number of amides is 4. The van der Waals surface area contributed by atoms with Gasteiger partial charge >= 0.3 is 6.03 Å². The first-order chi connectivity index (χ1) is 12.9. The third-order valence-corrected chi connectivity index (χ3v) is 3.89. The van der Waals surface area contributed by atoms with Crippen LogP contribution in [-0.2, 0) is 9.59 Å². The third-order valence-electron chi connectivity index (χ3n) is 3.89. The van der Waals surface area contributed by atoms with Gasteiger partial charge in [-0.25, -0.2) is 4.79 Å². The Bertz CT molecular complexity index is 1000. The second kappa shape index (κ2) is 7.08. The molecule has 136 valence electrons. The highest BCUT2D eigenvalue weighted by molar-refractivity contribution is 6.31. The lowest BCUT2D eigenvalue weighted by Crippen LogP contribution is -2.54. The van der Waals surface area contributed by atoms with E-state index in [1.165, 1.54) is 30.4 Å². The van der Waals surface area contributed by atoms with Gasteiger partial charge in [0.05, 0.1) is 10.6 Å². The van der Waals surface area contributed by atoms with Crippen LogP contribution < -0.4 is 5.32 Å². The van der Waals surface area contributed by atoms with Crippen LogP contribution in [0.3, 0.4) is 0 Å². The molecule has 9 heteroatoms. The molecule has 1 aromatic heterocycles. The number of benzene rings is 1. The Morgan fingerprint density at radius 1 is 1.19 bits per heavy atom. The zero-order chi connectivity index (χ0) is 19.6. The molecule has 3 rings (SSSR count). The van der Waals surface area contributed by atoms with Gasteiger partial charge in [0.25, 0.3) is 17.5 Å². The second-order valence-corrected chi connectivity index (χ2v) is 5.60. The van der Waals surface area contributed by atoms with Crippen LogP contribution in [0, 0.1) is 10.1 Å². The van der Waals surface area contributed by atoms with Gasteiger partial charge in [0.1, 0.15) is 5.57 Å². The first-order valence-corrected chi connectivity index (χ1v) is 7.84. The molecule has 1 fully saturated rings. The standard InChI is InChI=1S/C18H14N4O5/c1-2-8-21-17(24)15(16(23)19-18(21)25)11-13-7-4-9-20(13)12-5-3-6-14(10-12)22(26)27/h2-7,9-11H,1,8H2,(H,19,23,25)/b15-11-. The molecule has 2 heterocycles. The molecule has 1 N–H and O–H groups in total. The van der Waals surface area contributed by atoms with Crippen LogP contribution in [0.1, 0.15) is 5.69 Å². The van der Waals surface area contributed by atoms with Gasteiger partial charge in [-0.3, -0.25) is 29.9 Å². The molecule has 0 aliphatic carbocycles. The first-order valence-electron chi connectivity index (χ1n) is 7.84. The van der Waals surface area contributed by atoms with Gasteiger partial charge in [0.15, 0.2) is 0 Å². The summed E-state index contributed by atoms with van der Waals surface area (Å²) in [4.78, 5) is 47.7. The predicted octanol–water partition coefficient (Wildman–Crippen LogP) is 2.03. The van der Waals surface area contributed by atoms with Gasteiger partial charge < -0.3 is 4.57 Å².